The Morgan fingerprint density at radius 2 is 1.64 bits per heavy atom. The van der Waals surface area contributed by atoms with Crippen LogP contribution in [0.5, 0.6) is 0 Å². The maximum Gasteiger partial charge on any atom is 0.290 e. The number of halogens is 2. The minimum atomic E-state index is -0.250. The molecule has 0 aliphatic carbocycles. The van der Waals surface area contributed by atoms with Crippen LogP contribution >= 0.6 is 23.2 Å². The van der Waals surface area contributed by atoms with Crippen molar-refractivity contribution in [3.63, 3.8) is 0 Å². The van der Waals surface area contributed by atoms with E-state index in [4.69, 9.17) is 33.1 Å². The van der Waals surface area contributed by atoms with E-state index in [0.29, 0.717) is 10.0 Å². The summed E-state index contributed by atoms with van der Waals surface area (Å²) in [5, 5.41) is 8.25. The van der Waals surface area contributed by atoms with Gasteiger partial charge in [0.25, 0.3) is 6.47 Å². The van der Waals surface area contributed by atoms with Crippen LogP contribution in [0.3, 0.4) is 0 Å². The Balaban J connectivity index is 0.000000292. The van der Waals surface area contributed by atoms with Crippen LogP contribution in [0.4, 0.5) is 0 Å². The van der Waals surface area contributed by atoms with Gasteiger partial charge in [-0.25, -0.2) is 0 Å². The molecule has 4 heteroatoms. The summed E-state index contributed by atoms with van der Waals surface area (Å²) in [4.78, 5) is 8.36. The highest BCUT2D eigenvalue weighted by atomic mass is 35.5. The topological polar surface area (TPSA) is 37.3 Å². The van der Waals surface area contributed by atoms with E-state index in [1.807, 2.05) is 6.07 Å². The minimum Gasteiger partial charge on any atom is -0.483 e. The van der Waals surface area contributed by atoms with Crippen molar-refractivity contribution in [2.45, 2.75) is 0 Å². The maximum absolute atomic E-state index is 8.36. The van der Waals surface area contributed by atoms with Gasteiger partial charge in [0.1, 0.15) is 0 Å². The van der Waals surface area contributed by atoms with Crippen LogP contribution in [0.2, 0.25) is 10.0 Å². The van der Waals surface area contributed by atoms with E-state index in [-0.39, 0.29) is 6.47 Å². The molecule has 0 unspecified atom stereocenters. The zero-order valence-corrected chi connectivity index (χ0v) is 7.01. The van der Waals surface area contributed by atoms with E-state index in [1.165, 1.54) is 0 Å². The Bertz CT molecular complexity index is 208. The van der Waals surface area contributed by atoms with Gasteiger partial charge in [0.2, 0.25) is 0 Å². The van der Waals surface area contributed by atoms with Crippen molar-refractivity contribution in [1.82, 2.24) is 0 Å². The summed E-state index contributed by atoms with van der Waals surface area (Å²) in [5.74, 6) is 0. The maximum atomic E-state index is 8.36. The average molecular weight is 193 g/mol. The van der Waals surface area contributed by atoms with E-state index >= 15 is 0 Å². The molecule has 0 heterocycles. The van der Waals surface area contributed by atoms with Gasteiger partial charge in [-0.1, -0.05) is 29.3 Å². The van der Waals surface area contributed by atoms with Crippen molar-refractivity contribution < 1.29 is 9.90 Å². The molecule has 0 aliphatic rings. The number of rotatable bonds is 0. The molecular formula is C7H6Cl2O2. The highest BCUT2D eigenvalue weighted by Crippen LogP contribution is 2.13. The van der Waals surface area contributed by atoms with Crippen LogP contribution in [0, 0.1) is 0 Å². The predicted molar refractivity (Wildman–Crippen MR) is 45.2 cm³/mol. The summed E-state index contributed by atoms with van der Waals surface area (Å²) >= 11 is 11.1. The van der Waals surface area contributed by atoms with Gasteiger partial charge in [0, 0.05) is 10.0 Å². The lowest BCUT2D eigenvalue weighted by Crippen LogP contribution is -1.61. The number of carboxylic acid groups (broad SMARTS) is 1. The molecule has 0 fully saturated rings. The van der Waals surface area contributed by atoms with Crippen molar-refractivity contribution in [2.24, 2.45) is 0 Å². The van der Waals surface area contributed by atoms with Gasteiger partial charge in [-0.3, -0.25) is 4.79 Å². The highest BCUT2D eigenvalue weighted by molar-refractivity contribution is 6.34. The standard InChI is InChI=1S/C6H4Cl2.CH2O2/c7-5-2-1-3-6(8)4-5;2-1-3/h1-4H;1H,(H,2,3). The fourth-order valence-corrected chi connectivity index (χ4v) is 0.896. The fourth-order valence-electron chi connectivity index (χ4n) is 0.460. The van der Waals surface area contributed by atoms with Gasteiger partial charge in [-0.15, -0.1) is 0 Å². The number of hydrogen-bond donors (Lipinski definition) is 1. The molecule has 11 heavy (non-hydrogen) atoms. The second-order valence-electron chi connectivity index (χ2n) is 1.55. The Morgan fingerprint density at radius 1 is 1.27 bits per heavy atom. The van der Waals surface area contributed by atoms with Crippen LogP contribution in [-0.2, 0) is 4.79 Å². The van der Waals surface area contributed by atoms with Crippen LogP contribution in [-0.4, -0.2) is 11.6 Å². The second-order valence-corrected chi connectivity index (χ2v) is 2.42. The Kier molecular flexibility index (Phi) is 5.61. The minimum absolute atomic E-state index is 0.250. The first-order valence-corrected chi connectivity index (χ1v) is 3.45. The molecule has 0 aromatic heterocycles. The molecule has 1 N–H and O–H groups in total. The first-order chi connectivity index (χ1) is 5.20. The molecule has 1 rings (SSSR count). The molecular weight excluding hydrogens is 187 g/mol. The summed E-state index contributed by atoms with van der Waals surface area (Å²) in [6.07, 6.45) is 0. The van der Waals surface area contributed by atoms with Crippen LogP contribution in [0.25, 0.3) is 0 Å². The van der Waals surface area contributed by atoms with Crippen LogP contribution < -0.4 is 0 Å². The molecule has 60 valence electrons. The first kappa shape index (κ1) is 10.3. The molecule has 0 saturated heterocycles. The van der Waals surface area contributed by atoms with E-state index in [1.54, 1.807) is 18.2 Å². The van der Waals surface area contributed by atoms with Gasteiger partial charge < -0.3 is 5.11 Å². The summed E-state index contributed by atoms with van der Waals surface area (Å²) in [6, 6.07) is 7.08. The van der Waals surface area contributed by atoms with Gasteiger partial charge in [-0.05, 0) is 18.2 Å². The molecule has 1 aromatic carbocycles. The van der Waals surface area contributed by atoms with E-state index in [2.05, 4.69) is 0 Å². The Hall–Kier alpha value is -0.730. The Labute approximate surface area is 74.4 Å². The van der Waals surface area contributed by atoms with Gasteiger partial charge in [-0.2, -0.15) is 0 Å². The summed E-state index contributed by atoms with van der Waals surface area (Å²) in [6.45, 7) is -0.250. The Morgan fingerprint density at radius 3 is 1.82 bits per heavy atom. The third-order valence-electron chi connectivity index (χ3n) is 0.787. The molecule has 0 bridgehead atoms. The third kappa shape index (κ3) is 5.70. The van der Waals surface area contributed by atoms with Gasteiger partial charge >= 0.3 is 0 Å². The molecule has 0 atom stereocenters. The zero-order chi connectivity index (χ0) is 8.69. The van der Waals surface area contributed by atoms with Gasteiger partial charge in [0.15, 0.2) is 0 Å². The van der Waals surface area contributed by atoms with E-state index < -0.39 is 0 Å². The average Bonchev–Trinajstić information content (AvgIpc) is 1.88. The smallest absolute Gasteiger partial charge is 0.290 e. The normalized spacial score (nSPS) is 7.82. The number of carbonyl (C=O) groups is 1. The largest absolute Gasteiger partial charge is 0.483 e. The fraction of sp³-hybridized carbons (Fsp3) is 0. The SMILES string of the molecule is Clc1cccc(Cl)c1.O=CO. The summed E-state index contributed by atoms with van der Waals surface area (Å²) in [7, 11) is 0. The van der Waals surface area contributed by atoms with Crippen LogP contribution in [0.15, 0.2) is 24.3 Å². The number of benzene rings is 1. The summed E-state index contributed by atoms with van der Waals surface area (Å²) < 4.78 is 0. The van der Waals surface area contributed by atoms with Crippen molar-refractivity contribution >= 4 is 29.7 Å². The molecule has 0 spiro atoms. The molecule has 0 saturated carbocycles. The van der Waals surface area contributed by atoms with Gasteiger partial charge in [0.05, 0.1) is 0 Å². The third-order valence-corrected chi connectivity index (χ3v) is 1.26. The highest BCUT2D eigenvalue weighted by Gasteiger charge is 1.84. The molecule has 1 aromatic rings. The molecule has 0 aliphatic heterocycles. The zero-order valence-electron chi connectivity index (χ0n) is 5.50. The van der Waals surface area contributed by atoms with E-state index in [0.717, 1.165) is 0 Å². The van der Waals surface area contributed by atoms with Crippen molar-refractivity contribution in [2.75, 3.05) is 0 Å². The lowest BCUT2D eigenvalue weighted by Gasteiger charge is -1.86. The van der Waals surface area contributed by atoms with Crippen molar-refractivity contribution in [3.8, 4) is 0 Å². The number of hydrogen-bond acceptors (Lipinski definition) is 1. The molecule has 0 amide bonds. The first-order valence-electron chi connectivity index (χ1n) is 2.69. The second kappa shape index (κ2) is 6.01. The van der Waals surface area contributed by atoms with Crippen LogP contribution in [0.1, 0.15) is 0 Å². The predicted octanol–water partition coefficient (Wildman–Crippen LogP) is 2.69. The summed E-state index contributed by atoms with van der Waals surface area (Å²) in [5.41, 5.74) is 0. The lowest BCUT2D eigenvalue weighted by molar-refractivity contribution is -0.122. The lowest BCUT2D eigenvalue weighted by atomic mass is 10.4. The van der Waals surface area contributed by atoms with Crippen molar-refractivity contribution in [1.29, 1.82) is 0 Å². The quantitative estimate of drug-likeness (QED) is 0.643. The monoisotopic (exact) mass is 192 g/mol. The molecule has 0 radical (unpaired) electrons. The molecule has 2 nitrogen and oxygen atoms in total. The van der Waals surface area contributed by atoms with Crippen molar-refractivity contribution in [3.05, 3.63) is 34.3 Å². The van der Waals surface area contributed by atoms with E-state index in [9.17, 15) is 0 Å².